The molecule has 0 fully saturated rings. The summed E-state index contributed by atoms with van der Waals surface area (Å²) in [5.41, 5.74) is -0.417. The molecule has 0 N–H and O–H groups in total. The molecule has 0 aliphatic rings. The standard InChI is InChI=1S/C7H6F2N2O4/c1-14-6-4(11(12)13)2-3-5(10-6)15-7(8)9/h2-3,7H,1H3. The van der Waals surface area contributed by atoms with Gasteiger partial charge in [-0.05, 0) is 0 Å². The summed E-state index contributed by atoms with van der Waals surface area (Å²) in [5, 5.41) is 10.4. The van der Waals surface area contributed by atoms with Gasteiger partial charge in [-0.15, -0.1) is 0 Å². The summed E-state index contributed by atoms with van der Waals surface area (Å²) >= 11 is 0. The fraction of sp³-hybridized carbons (Fsp3) is 0.286. The van der Waals surface area contributed by atoms with Crippen LogP contribution in [0.4, 0.5) is 14.5 Å². The Bertz CT molecular complexity index is 372. The number of methoxy groups -OCH3 is 1. The molecule has 0 amide bonds. The summed E-state index contributed by atoms with van der Waals surface area (Å²) in [5.74, 6) is -0.814. The molecule has 0 unspecified atom stereocenters. The van der Waals surface area contributed by atoms with Gasteiger partial charge in [-0.25, -0.2) is 0 Å². The number of halogens is 2. The van der Waals surface area contributed by atoms with E-state index >= 15 is 0 Å². The molecule has 1 heterocycles. The van der Waals surface area contributed by atoms with E-state index in [1.54, 1.807) is 0 Å². The van der Waals surface area contributed by atoms with Crippen LogP contribution in [0.3, 0.4) is 0 Å². The van der Waals surface area contributed by atoms with E-state index < -0.39 is 23.1 Å². The number of rotatable bonds is 4. The molecule has 1 aromatic rings. The molecule has 0 bridgehead atoms. The van der Waals surface area contributed by atoms with Crippen molar-refractivity contribution in [3.63, 3.8) is 0 Å². The van der Waals surface area contributed by atoms with E-state index in [9.17, 15) is 18.9 Å². The zero-order chi connectivity index (χ0) is 11.4. The summed E-state index contributed by atoms with van der Waals surface area (Å²) < 4.78 is 32.1. The number of nitro groups is 1. The Morgan fingerprint density at radius 3 is 2.67 bits per heavy atom. The molecular weight excluding hydrogens is 214 g/mol. The lowest BCUT2D eigenvalue weighted by molar-refractivity contribution is -0.386. The molecule has 6 nitrogen and oxygen atoms in total. The van der Waals surface area contributed by atoms with Crippen molar-refractivity contribution in [3.05, 3.63) is 22.2 Å². The third kappa shape index (κ3) is 2.73. The molecule has 0 saturated heterocycles. The fourth-order valence-corrected chi connectivity index (χ4v) is 0.862. The minimum atomic E-state index is -3.04. The van der Waals surface area contributed by atoms with Crippen molar-refractivity contribution in [1.82, 2.24) is 4.98 Å². The molecule has 8 heteroatoms. The fourth-order valence-electron chi connectivity index (χ4n) is 0.862. The highest BCUT2D eigenvalue weighted by Gasteiger charge is 2.18. The van der Waals surface area contributed by atoms with Gasteiger partial charge in [0.05, 0.1) is 12.0 Å². The number of ether oxygens (including phenoxy) is 2. The van der Waals surface area contributed by atoms with Gasteiger partial charge in [-0.2, -0.15) is 13.8 Å². The molecule has 0 aromatic carbocycles. The van der Waals surface area contributed by atoms with Crippen LogP contribution in [-0.2, 0) is 0 Å². The second-order valence-corrected chi connectivity index (χ2v) is 2.31. The number of aromatic nitrogens is 1. The van der Waals surface area contributed by atoms with Crippen molar-refractivity contribution >= 4 is 5.69 Å². The number of alkyl halides is 2. The second-order valence-electron chi connectivity index (χ2n) is 2.31. The molecule has 0 saturated carbocycles. The van der Waals surface area contributed by atoms with Gasteiger partial charge in [0.2, 0.25) is 5.88 Å². The summed E-state index contributed by atoms with van der Waals surface area (Å²) in [6.45, 7) is -3.04. The zero-order valence-corrected chi connectivity index (χ0v) is 7.52. The summed E-state index contributed by atoms with van der Waals surface area (Å²) in [6.07, 6.45) is 0. The molecule has 0 aliphatic carbocycles. The van der Waals surface area contributed by atoms with Gasteiger partial charge < -0.3 is 9.47 Å². The van der Waals surface area contributed by atoms with Crippen LogP contribution < -0.4 is 9.47 Å². The van der Waals surface area contributed by atoms with Gasteiger partial charge in [0, 0.05) is 12.1 Å². The quantitative estimate of drug-likeness (QED) is 0.569. The van der Waals surface area contributed by atoms with Gasteiger partial charge in [-0.3, -0.25) is 10.1 Å². The average molecular weight is 220 g/mol. The Labute approximate surface area is 82.6 Å². The van der Waals surface area contributed by atoms with Crippen molar-refractivity contribution < 1.29 is 23.2 Å². The lowest BCUT2D eigenvalue weighted by Gasteiger charge is -2.04. The van der Waals surface area contributed by atoms with Crippen LogP contribution in [0, 0.1) is 10.1 Å². The highest BCUT2D eigenvalue weighted by Crippen LogP contribution is 2.27. The summed E-state index contributed by atoms with van der Waals surface area (Å²) in [6, 6.07) is 1.94. The van der Waals surface area contributed by atoms with Crippen molar-refractivity contribution in [2.24, 2.45) is 0 Å². The van der Waals surface area contributed by atoms with Gasteiger partial charge in [-0.1, -0.05) is 0 Å². The maximum atomic E-state index is 11.8. The minimum absolute atomic E-state index is 0.377. The molecule has 0 atom stereocenters. The van der Waals surface area contributed by atoms with E-state index in [2.05, 4.69) is 14.5 Å². The van der Waals surface area contributed by atoms with Crippen LogP contribution in [0.15, 0.2) is 12.1 Å². The van der Waals surface area contributed by atoms with Crippen molar-refractivity contribution in [2.45, 2.75) is 6.61 Å². The Balaban J connectivity index is 3.02. The maximum Gasteiger partial charge on any atom is 0.388 e. The van der Waals surface area contributed by atoms with Gasteiger partial charge in [0.15, 0.2) is 0 Å². The smallest absolute Gasteiger partial charge is 0.388 e. The topological polar surface area (TPSA) is 74.5 Å². The number of pyridine rings is 1. The lowest BCUT2D eigenvalue weighted by Crippen LogP contribution is -2.05. The van der Waals surface area contributed by atoms with Gasteiger partial charge in [0.1, 0.15) is 0 Å². The highest BCUT2D eigenvalue weighted by atomic mass is 19.3. The maximum absolute atomic E-state index is 11.8. The van der Waals surface area contributed by atoms with Crippen LogP contribution in [0.5, 0.6) is 11.8 Å². The molecule has 82 valence electrons. The van der Waals surface area contributed by atoms with Crippen molar-refractivity contribution in [3.8, 4) is 11.8 Å². The first kappa shape index (κ1) is 11.1. The van der Waals surface area contributed by atoms with E-state index in [1.165, 1.54) is 0 Å². The lowest BCUT2D eigenvalue weighted by atomic mass is 10.4. The Morgan fingerprint density at radius 1 is 1.53 bits per heavy atom. The van der Waals surface area contributed by atoms with Crippen LogP contribution >= 0.6 is 0 Å². The highest BCUT2D eigenvalue weighted by molar-refractivity contribution is 5.42. The average Bonchev–Trinajstić information content (AvgIpc) is 2.16. The predicted octanol–water partition coefficient (Wildman–Crippen LogP) is 1.60. The first-order valence-electron chi connectivity index (χ1n) is 3.69. The number of hydrogen-bond donors (Lipinski definition) is 0. The SMILES string of the molecule is COc1nc(OC(F)F)ccc1[N+](=O)[O-]. The van der Waals surface area contributed by atoms with Crippen molar-refractivity contribution in [2.75, 3.05) is 7.11 Å². The number of hydrogen-bond acceptors (Lipinski definition) is 5. The van der Waals surface area contributed by atoms with E-state index in [-0.39, 0.29) is 5.88 Å². The Kier molecular flexibility index (Phi) is 3.32. The Morgan fingerprint density at radius 2 is 2.20 bits per heavy atom. The van der Waals surface area contributed by atoms with Crippen LogP contribution in [0.1, 0.15) is 0 Å². The molecule has 1 rings (SSSR count). The molecule has 0 radical (unpaired) electrons. The first-order valence-corrected chi connectivity index (χ1v) is 3.69. The normalized spacial score (nSPS) is 10.1. The van der Waals surface area contributed by atoms with Crippen LogP contribution in [0.25, 0.3) is 0 Å². The van der Waals surface area contributed by atoms with E-state index in [1.807, 2.05) is 0 Å². The largest absolute Gasteiger partial charge is 0.476 e. The first-order chi connectivity index (χ1) is 7.04. The van der Waals surface area contributed by atoms with Crippen molar-refractivity contribution in [1.29, 1.82) is 0 Å². The minimum Gasteiger partial charge on any atom is -0.476 e. The zero-order valence-electron chi connectivity index (χ0n) is 7.52. The summed E-state index contributed by atoms with van der Waals surface area (Å²) in [4.78, 5) is 13.1. The molecular formula is C7H6F2N2O4. The van der Waals surface area contributed by atoms with Crippen LogP contribution in [0.2, 0.25) is 0 Å². The van der Waals surface area contributed by atoms with Crippen LogP contribution in [-0.4, -0.2) is 23.6 Å². The molecule has 0 aliphatic heterocycles. The molecule has 15 heavy (non-hydrogen) atoms. The monoisotopic (exact) mass is 220 g/mol. The summed E-state index contributed by atoms with van der Waals surface area (Å²) in [7, 11) is 1.14. The number of nitrogens with zero attached hydrogens (tertiary/aromatic N) is 2. The third-order valence-electron chi connectivity index (χ3n) is 1.41. The molecule has 1 aromatic heterocycles. The van der Waals surface area contributed by atoms with Gasteiger partial charge >= 0.3 is 12.3 Å². The van der Waals surface area contributed by atoms with E-state index in [4.69, 9.17) is 0 Å². The predicted molar refractivity (Wildman–Crippen MR) is 44.1 cm³/mol. The Hall–Kier alpha value is -1.99. The van der Waals surface area contributed by atoms with E-state index in [0.717, 1.165) is 19.2 Å². The van der Waals surface area contributed by atoms with E-state index in [0.29, 0.717) is 0 Å². The second kappa shape index (κ2) is 4.49. The van der Waals surface area contributed by atoms with Gasteiger partial charge in [0.25, 0.3) is 5.88 Å². The molecule has 0 spiro atoms. The third-order valence-corrected chi connectivity index (χ3v) is 1.41.